The molecule has 2 heterocycles. The number of aromatic nitrogens is 2. The van der Waals surface area contributed by atoms with E-state index in [1.165, 1.54) is 75.2 Å². The fourth-order valence-electron chi connectivity index (χ4n) is 5.04. The van der Waals surface area contributed by atoms with Gasteiger partial charge in [-0.15, -0.1) is 0 Å². The predicted molar refractivity (Wildman–Crippen MR) is 157 cm³/mol. The molecule has 0 spiro atoms. The van der Waals surface area contributed by atoms with E-state index < -0.39 is 11.9 Å². The molecule has 0 saturated carbocycles. The lowest BCUT2D eigenvalue weighted by atomic mass is 10.0. The third kappa shape index (κ3) is 11.6. The van der Waals surface area contributed by atoms with E-state index in [1.807, 2.05) is 6.07 Å². The molecule has 0 unspecified atom stereocenters. The number of hydrogen-bond acceptors (Lipinski definition) is 6. The molecule has 1 amide bonds. The van der Waals surface area contributed by atoms with Crippen molar-refractivity contribution in [2.45, 2.75) is 122 Å². The number of carbonyl (C=O) groups is 2. The van der Waals surface area contributed by atoms with Crippen molar-refractivity contribution in [3.63, 3.8) is 0 Å². The quantitative estimate of drug-likeness (QED) is 0.146. The minimum atomic E-state index is -0.504. The second-order valence-electron chi connectivity index (χ2n) is 10.8. The summed E-state index contributed by atoms with van der Waals surface area (Å²) in [6.07, 6.45) is 19.1. The summed E-state index contributed by atoms with van der Waals surface area (Å²) < 4.78 is 12.8. The van der Waals surface area contributed by atoms with Crippen molar-refractivity contribution < 1.29 is 19.1 Å². The molecule has 1 aliphatic rings. The zero-order valence-corrected chi connectivity index (χ0v) is 24.2. The Labute approximate surface area is 238 Å². The Balaban J connectivity index is 1.23. The lowest BCUT2D eigenvalue weighted by molar-refractivity contribution is -0.148. The van der Waals surface area contributed by atoms with E-state index in [0.29, 0.717) is 24.8 Å². The monoisotopic (exact) mass is 553 g/mol. The van der Waals surface area contributed by atoms with Crippen molar-refractivity contribution in [3.05, 3.63) is 58.6 Å². The molecule has 0 bridgehead atoms. The summed E-state index contributed by atoms with van der Waals surface area (Å²) in [6.45, 7) is 2.45. The van der Waals surface area contributed by atoms with E-state index in [1.54, 1.807) is 36.5 Å². The summed E-state index contributed by atoms with van der Waals surface area (Å²) in [4.78, 5) is 41.0. The van der Waals surface area contributed by atoms with Gasteiger partial charge in [-0.3, -0.25) is 14.2 Å². The Morgan fingerprint density at radius 3 is 2.15 bits per heavy atom. The van der Waals surface area contributed by atoms with Crippen LogP contribution < -0.4 is 11.0 Å². The van der Waals surface area contributed by atoms with Crippen LogP contribution in [0.1, 0.15) is 126 Å². The van der Waals surface area contributed by atoms with Gasteiger partial charge in [0.05, 0.1) is 6.10 Å². The molecule has 3 rings (SSSR count). The molecule has 8 heteroatoms. The van der Waals surface area contributed by atoms with Gasteiger partial charge in [0.1, 0.15) is 18.7 Å². The Hall–Kier alpha value is -3.00. The third-order valence-corrected chi connectivity index (χ3v) is 7.42. The molecule has 0 aliphatic carbocycles. The van der Waals surface area contributed by atoms with Gasteiger partial charge in [-0.25, -0.2) is 4.79 Å². The standard InChI is InChI=1S/C32H47N3O5/c1-2-3-4-5-6-7-8-9-10-11-12-13-17-20-30(36)39-25-27-21-22-29(40-27)35-24-23-28(34-32(35)38)33-31(37)26-18-15-14-16-19-26/h14-16,18-19,23-24,27,29H,2-13,17,20-22,25H2,1H3,(H,33,34,37,38)/t27-,29+/m0/s1. The molecular weight excluding hydrogens is 506 g/mol. The highest BCUT2D eigenvalue weighted by molar-refractivity contribution is 6.03. The van der Waals surface area contributed by atoms with E-state index >= 15 is 0 Å². The second kappa shape index (κ2) is 18.4. The molecule has 2 atom stereocenters. The highest BCUT2D eigenvalue weighted by Crippen LogP contribution is 2.27. The van der Waals surface area contributed by atoms with Crippen LogP contribution in [0.4, 0.5) is 5.82 Å². The molecule has 1 saturated heterocycles. The van der Waals surface area contributed by atoms with Gasteiger partial charge in [-0.2, -0.15) is 4.98 Å². The molecule has 1 N–H and O–H groups in total. The normalized spacial score (nSPS) is 16.6. The first-order chi connectivity index (χ1) is 19.6. The number of ether oxygens (including phenoxy) is 2. The minimum Gasteiger partial charge on any atom is -0.463 e. The van der Waals surface area contributed by atoms with Crippen molar-refractivity contribution >= 4 is 17.7 Å². The molecular formula is C32H47N3O5. The van der Waals surface area contributed by atoms with Gasteiger partial charge in [-0.05, 0) is 37.5 Å². The maximum absolute atomic E-state index is 12.6. The number of hydrogen-bond donors (Lipinski definition) is 1. The number of amides is 1. The number of nitrogens with one attached hydrogen (secondary N) is 1. The smallest absolute Gasteiger partial charge is 0.351 e. The number of rotatable bonds is 19. The minimum absolute atomic E-state index is 0.187. The Kier molecular flexibility index (Phi) is 14.5. The van der Waals surface area contributed by atoms with Crippen LogP contribution in [0.3, 0.4) is 0 Å². The van der Waals surface area contributed by atoms with E-state index in [9.17, 15) is 14.4 Å². The van der Waals surface area contributed by atoms with Crippen LogP contribution in [0.5, 0.6) is 0 Å². The maximum Gasteiger partial charge on any atom is 0.351 e. The maximum atomic E-state index is 12.6. The number of anilines is 1. The van der Waals surface area contributed by atoms with Crippen molar-refractivity contribution in [1.29, 1.82) is 0 Å². The molecule has 2 aromatic rings. The van der Waals surface area contributed by atoms with Gasteiger partial charge in [0.25, 0.3) is 5.91 Å². The van der Waals surface area contributed by atoms with Crippen molar-refractivity contribution in [2.24, 2.45) is 0 Å². The number of benzene rings is 1. The van der Waals surface area contributed by atoms with Crippen molar-refractivity contribution in [2.75, 3.05) is 11.9 Å². The fourth-order valence-corrected chi connectivity index (χ4v) is 5.04. The van der Waals surface area contributed by atoms with Crippen LogP contribution in [0.2, 0.25) is 0 Å². The first kappa shape index (κ1) is 31.5. The van der Waals surface area contributed by atoms with Crippen LogP contribution in [-0.4, -0.2) is 34.1 Å². The van der Waals surface area contributed by atoms with E-state index in [0.717, 1.165) is 12.8 Å². The summed E-state index contributed by atoms with van der Waals surface area (Å²) in [5.74, 6) is -0.331. The summed E-state index contributed by atoms with van der Waals surface area (Å²) >= 11 is 0. The van der Waals surface area contributed by atoms with Crippen molar-refractivity contribution in [3.8, 4) is 0 Å². The van der Waals surface area contributed by atoms with E-state index in [4.69, 9.17) is 9.47 Å². The van der Waals surface area contributed by atoms with Gasteiger partial charge in [0.15, 0.2) is 0 Å². The van der Waals surface area contributed by atoms with Crippen LogP contribution in [-0.2, 0) is 14.3 Å². The second-order valence-corrected chi connectivity index (χ2v) is 10.8. The number of unbranched alkanes of at least 4 members (excludes halogenated alkanes) is 12. The molecule has 8 nitrogen and oxygen atoms in total. The summed E-state index contributed by atoms with van der Waals surface area (Å²) in [5.41, 5.74) is -0.0185. The van der Waals surface area contributed by atoms with Gasteiger partial charge in [-0.1, -0.05) is 102 Å². The molecule has 1 fully saturated rings. The van der Waals surface area contributed by atoms with Crippen molar-refractivity contribution in [1.82, 2.24) is 9.55 Å². The lowest BCUT2D eigenvalue weighted by Gasteiger charge is -2.16. The number of nitrogens with zero attached hydrogens (tertiary/aromatic N) is 2. The largest absolute Gasteiger partial charge is 0.463 e. The van der Waals surface area contributed by atoms with E-state index in [-0.39, 0.29) is 30.4 Å². The van der Waals surface area contributed by atoms with Crippen LogP contribution in [0.15, 0.2) is 47.4 Å². The molecule has 1 aliphatic heterocycles. The summed E-state index contributed by atoms with van der Waals surface area (Å²) in [6, 6.07) is 10.3. The van der Waals surface area contributed by atoms with Crippen LogP contribution in [0, 0.1) is 0 Å². The third-order valence-electron chi connectivity index (χ3n) is 7.42. The number of carbonyl (C=O) groups excluding carboxylic acids is 2. The van der Waals surface area contributed by atoms with Gasteiger partial charge in [0.2, 0.25) is 0 Å². The Bertz CT molecular complexity index is 1070. The zero-order chi connectivity index (χ0) is 28.4. The Morgan fingerprint density at radius 1 is 0.900 bits per heavy atom. The van der Waals surface area contributed by atoms with Gasteiger partial charge in [0, 0.05) is 18.2 Å². The average Bonchev–Trinajstić information content (AvgIpc) is 3.43. The van der Waals surface area contributed by atoms with Gasteiger partial charge < -0.3 is 14.8 Å². The fraction of sp³-hybridized carbons (Fsp3) is 0.625. The first-order valence-corrected chi connectivity index (χ1v) is 15.3. The molecule has 0 radical (unpaired) electrons. The average molecular weight is 554 g/mol. The Morgan fingerprint density at radius 2 is 1.52 bits per heavy atom. The molecule has 1 aromatic carbocycles. The molecule has 220 valence electrons. The molecule has 40 heavy (non-hydrogen) atoms. The SMILES string of the molecule is CCCCCCCCCCCCCCCC(=O)OC[C@@H]1CC[C@H](n2ccc(NC(=O)c3ccccc3)nc2=O)O1. The highest BCUT2D eigenvalue weighted by Gasteiger charge is 2.28. The predicted octanol–water partition coefficient (Wildman–Crippen LogP) is 7.20. The van der Waals surface area contributed by atoms with E-state index in [2.05, 4.69) is 17.2 Å². The summed E-state index contributed by atoms with van der Waals surface area (Å²) in [7, 11) is 0. The first-order valence-electron chi connectivity index (χ1n) is 15.3. The lowest BCUT2D eigenvalue weighted by Crippen LogP contribution is -2.29. The van der Waals surface area contributed by atoms with Crippen LogP contribution in [0.25, 0.3) is 0 Å². The zero-order valence-electron chi connectivity index (χ0n) is 24.2. The van der Waals surface area contributed by atoms with Crippen LogP contribution >= 0.6 is 0 Å². The van der Waals surface area contributed by atoms with Gasteiger partial charge >= 0.3 is 11.7 Å². The highest BCUT2D eigenvalue weighted by atomic mass is 16.6. The summed E-state index contributed by atoms with van der Waals surface area (Å²) in [5, 5.41) is 2.64. The number of esters is 1. The topological polar surface area (TPSA) is 99.5 Å². The molecule has 1 aromatic heterocycles.